The monoisotopic (exact) mass is 332 g/mol. The third kappa shape index (κ3) is 2.83. The standard InChI is InChI=1S/C18H16N6O/c1-23-18(24-9-2-3-10-24)15(12-21-23)17(25)22-14-6-4-5-13(11-14)16-19-7-8-20-16/h2-12H,1H3,(H,19,20)(H,22,25). The minimum absolute atomic E-state index is 0.214. The summed E-state index contributed by atoms with van der Waals surface area (Å²) in [7, 11) is 1.81. The van der Waals surface area contributed by atoms with Crippen LogP contribution < -0.4 is 5.32 Å². The summed E-state index contributed by atoms with van der Waals surface area (Å²) < 4.78 is 3.54. The average molecular weight is 332 g/mol. The normalized spacial score (nSPS) is 10.8. The van der Waals surface area contributed by atoms with Crippen LogP contribution >= 0.6 is 0 Å². The molecule has 0 atom stereocenters. The Kier molecular flexibility index (Phi) is 3.66. The molecule has 0 unspecified atom stereocenters. The molecule has 0 spiro atoms. The van der Waals surface area contributed by atoms with Crippen LogP contribution in [0.25, 0.3) is 17.2 Å². The zero-order valence-corrected chi connectivity index (χ0v) is 13.5. The van der Waals surface area contributed by atoms with Gasteiger partial charge in [0, 0.05) is 43.1 Å². The van der Waals surface area contributed by atoms with Crippen LogP contribution in [0.15, 0.2) is 67.4 Å². The smallest absolute Gasteiger partial charge is 0.261 e. The number of aromatic nitrogens is 5. The second-order valence-corrected chi connectivity index (χ2v) is 5.57. The largest absolute Gasteiger partial charge is 0.345 e. The van der Waals surface area contributed by atoms with E-state index in [4.69, 9.17) is 0 Å². The third-order valence-electron chi connectivity index (χ3n) is 3.89. The summed E-state index contributed by atoms with van der Waals surface area (Å²) in [5.74, 6) is 1.25. The molecule has 0 saturated carbocycles. The number of rotatable bonds is 4. The van der Waals surface area contributed by atoms with Gasteiger partial charge in [0.1, 0.15) is 17.2 Å². The first kappa shape index (κ1) is 14.9. The minimum Gasteiger partial charge on any atom is -0.345 e. The lowest BCUT2D eigenvalue weighted by atomic mass is 10.2. The van der Waals surface area contributed by atoms with E-state index < -0.39 is 0 Å². The van der Waals surface area contributed by atoms with Gasteiger partial charge in [0.15, 0.2) is 0 Å². The van der Waals surface area contributed by atoms with Crippen molar-refractivity contribution in [3.05, 3.63) is 72.9 Å². The molecular formula is C18H16N6O. The van der Waals surface area contributed by atoms with Crippen molar-refractivity contribution in [3.63, 3.8) is 0 Å². The summed E-state index contributed by atoms with van der Waals surface area (Å²) in [4.78, 5) is 20.0. The van der Waals surface area contributed by atoms with E-state index >= 15 is 0 Å². The van der Waals surface area contributed by atoms with Crippen molar-refractivity contribution < 1.29 is 4.79 Å². The van der Waals surface area contributed by atoms with Crippen LogP contribution in [0.3, 0.4) is 0 Å². The van der Waals surface area contributed by atoms with E-state index in [2.05, 4.69) is 20.4 Å². The predicted octanol–water partition coefficient (Wildman–Crippen LogP) is 2.85. The highest BCUT2D eigenvalue weighted by atomic mass is 16.1. The molecule has 3 aromatic heterocycles. The second kappa shape index (κ2) is 6.12. The predicted molar refractivity (Wildman–Crippen MR) is 94.5 cm³/mol. The molecule has 7 nitrogen and oxygen atoms in total. The van der Waals surface area contributed by atoms with Crippen LogP contribution in [0.2, 0.25) is 0 Å². The molecular weight excluding hydrogens is 316 g/mol. The first-order chi connectivity index (χ1) is 12.2. The lowest BCUT2D eigenvalue weighted by Gasteiger charge is -2.09. The van der Waals surface area contributed by atoms with Gasteiger partial charge in [-0.3, -0.25) is 9.48 Å². The van der Waals surface area contributed by atoms with E-state index in [1.807, 2.05) is 60.4 Å². The van der Waals surface area contributed by atoms with Crippen molar-refractivity contribution in [2.24, 2.45) is 7.05 Å². The molecule has 25 heavy (non-hydrogen) atoms. The molecule has 0 aliphatic carbocycles. The van der Waals surface area contributed by atoms with E-state index in [0.29, 0.717) is 17.1 Å². The maximum absolute atomic E-state index is 12.7. The van der Waals surface area contributed by atoms with Crippen molar-refractivity contribution in [1.29, 1.82) is 0 Å². The van der Waals surface area contributed by atoms with Gasteiger partial charge in [-0.2, -0.15) is 5.10 Å². The van der Waals surface area contributed by atoms with Gasteiger partial charge in [0.25, 0.3) is 5.91 Å². The molecule has 0 saturated heterocycles. The number of carbonyl (C=O) groups excluding carboxylic acids is 1. The molecule has 0 bridgehead atoms. The van der Waals surface area contributed by atoms with Gasteiger partial charge in [0.2, 0.25) is 0 Å². The fourth-order valence-corrected chi connectivity index (χ4v) is 2.74. The third-order valence-corrected chi connectivity index (χ3v) is 3.89. The van der Waals surface area contributed by atoms with E-state index in [1.54, 1.807) is 23.3 Å². The Morgan fingerprint density at radius 3 is 2.80 bits per heavy atom. The lowest BCUT2D eigenvalue weighted by molar-refractivity contribution is 0.102. The number of nitrogens with zero attached hydrogens (tertiary/aromatic N) is 4. The van der Waals surface area contributed by atoms with Crippen LogP contribution in [0.1, 0.15) is 10.4 Å². The van der Waals surface area contributed by atoms with Crippen molar-refractivity contribution >= 4 is 11.6 Å². The Hall–Kier alpha value is -3.61. The Balaban J connectivity index is 1.63. The summed E-state index contributed by atoms with van der Waals surface area (Å²) in [6.45, 7) is 0. The number of aromatic amines is 1. The van der Waals surface area contributed by atoms with Gasteiger partial charge in [-0.1, -0.05) is 12.1 Å². The number of carbonyl (C=O) groups is 1. The van der Waals surface area contributed by atoms with Gasteiger partial charge in [-0.05, 0) is 24.3 Å². The second-order valence-electron chi connectivity index (χ2n) is 5.57. The molecule has 4 rings (SSSR count). The summed E-state index contributed by atoms with van der Waals surface area (Å²) in [6.07, 6.45) is 8.79. The number of hydrogen-bond acceptors (Lipinski definition) is 3. The number of hydrogen-bond donors (Lipinski definition) is 2. The van der Waals surface area contributed by atoms with Crippen molar-refractivity contribution in [2.75, 3.05) is 5.32 Å². The van der Waals surface area contributed by atoms with E-state index in [1.165, 1.54) is 0 Å². The molecule has 1 aromatic carbocycles. The molecule has 2 N–H and O–H groups in total. The van der Waals surface area contributed by atoms with Crippen molar-refractivity contribution in [1.82, 2.24) is 24.3 Å². The fourth-order valence-electron chi connectivity index (χ4n) is 2.74. The average Bonchev–Trinajstić information content (AvgIpc) is 3.36. The molecule has 0 radical (unpaired) electrons. The van der Waals surface area contributed by atoms with Crippen LogP contribution in [0, 0.1) is 0 Å². The Bertz CT molecular complexity index is 998. The highest BCUT2D eigenvalue weighted by molar-refractivity contribution is 6.06. The molecule has 7 heteroatoms. The topological polar surface area (TPSA) is 80.5 Å². The van der Waals surface area contributed by atoms with Crippen LogP contribution in [-0.4, -0.2) is 30.2 Å². The summed E-state index contributed by atoms with van der Waals surface area (Å²) in [5.41, 5.74) is 2.10. The molecule has 1 amide bonds. The number of anilines is 1. The quantitative estimate of drug-likeness (QED) is 0.603. The van der Waals surface area contributed by atoms with E-state index in [9.17, 15) is 4.79 Å². The number of H-pyrrole nitrogens is 1. The highest BCUT2D eigenvalue weighted by Crippen LogP contribution is 2.21. The maximum atomic E-state index is 12.7. The van der Waals surface area contributed by atoms with Crippen molar-refractivity contribution in [3.8, 4) is 17.2 Å². The van der Waals surface area contributed by atoms with Gasteiger partial charge in [-0.25, -0.2) is 4.98 Å². The molecule has 0 fully saturated rings. The first-order valence-corrected chi connectivity index (χ1v) is 7.79. The van der Waals surface area contributed by atoms with Crippen molar-refractivity contribution in [2.45, 2.75) is 0 Å². The zero-order chi connectivity index (χ0) is 17.2. The summed E-state index contributed by atoms with van der Waals surface area (Å²) >= 11 is 0. The number of imidazole rings is 1. The SMILES string of the molecule is Cn1ncc(C(=O)Nc2cccc(-c3ncc[nH]3)c2)c1-n1cccc1. The number of amides is 1. The Morgan fingerprint density at radius 2 is 2.04 bits per heavy atom. The first-order valence-electron chi connectivity index (χ1n) is 7.79. The fraction of sp³-hybridized carbons (Fsp3) is 0.0556. The number of nitrogens with one attached hydrogen (secondary N) is 2. The van der Waals surface area contributed by atoms with E-state index in [0.717, 1.165) is 11.4 Å². The number of aryl methyl sites for hydroxylation is 1. The van der Waals surface area contributed by atoms with Crippen LogP contribution in [0.5, 0.6) is 0 Å². The zero-order valence-electron chi connectivity index (χ0n) is 13.5. The van der Waals surface area contributed by atoms with Gasteiger partial charge >= 0.3 is 0 Å². The molecule has 3 heterocycles. The van der Waals surface area contributed by atoms with Crippen LogP contribution in [-0.2, 0) is 7.05 Å². The molecule has 0 aliphatic rings. The van der Waals surface area contributed by atoms with E-state index in [-0.39, 0.29) is 5.91 Å². The minimum atomic E-state index is -0.214. The van der Waals surface area contributed by atoms with Gasteiger partial charge in [-0.15, -0.1) is 0 Å². The Morgan fingerprint density at radius 1 is 1.20 bits per heavy atom. The number of benzene rings is 1. The van der Waals surface area contributed by atoms with Gasteiger partial charge < -0.3 is 14.9 Å². The van der Waals surface area contributed by atoms with Gasteiger partial charge in [0.05, 0.1) is 6.20 Å². The molecule has 4 aromatic rings. The molecule has 124 valence electrons. The van der Waals surface area contributed by atoms with Crippen LogP contribution in [0.4, 0.5) is 5.69 Å². The summed E-state index contributed by atoms with van der Waals surface area (Å²) in [5, 5.41) is 7.14. The molecule has 0 aliphatic heterocycles. The highest BCUT2D eigenvalue weighted by Gasteiger charge is 2.17. The lowest BCUT2D eigenvalue weighted by Crippen LogP contribution is -2.15. The maximum Gasteiger partial charge on any atom is 0.261 e. The summed E-state index contributed by atoms with van der Waals surface area (Å²) in [6, 6.07) is 11.3. The Labute approximate surface area is 143 Å².